The molecule has 1 aliphatic carbocycles. The molecule has 3 atom stereocenters. The van der Waals surface area contributed by atoms with Gasteiger partial charge in [-0.3, -0.25) is 16.0 Å². The van der Waals surface area contributed by atoms with Crippen LogP contribution in [0.2, 0.25) is 0 Å². The molecule has 0 spiro atoms. The van der Waals surface area contributed by atoms with E-state index >= 15 is 0 Å². The van der Waals surface area contributed by atoms with Crippen LogP contribution in [-0.2, 0) is 12.8 Å². The first-order chi connectivity index (χ1) is 26.2. The highest BCUT2D eigenvalue weighted by molar-refractivity contribution is 7.25. The first-order valence-electron chi connectivity index (χ1n) is 18.9. The molecule has 1 saturated heterocycles. The van der Waals surface area contributed by atoms with Crippen molar-refractivity contribution in [3.63, 3.8) is 0 Å². The Morgan fingerprint density at radius 2 is 0.981 bits per heavy atom. The van der Waals surface area contributed by atoms with Gasteiger partial charge in [-0.25, -0.2) is 0 Å². The van der Waals surface area contributed by atoms with E-state index in [0.29, 0.717) is 0 Å². The quantitative estimate of drug-likeness (QED) is 0.161. The molecule has 10 rings (SSSR count). The molecule has 3 unspecified atom stereocenters. The largest absolute Gasteiger partial charge is 0.279 e. The average Bonchev–Trinajstić information content (AvgIpc) is 3.61. The Kier molecular flexibility index (Phi) is 8.46. The number of fused-ring (bicyclic) bond motifs is 4. The van der Waals surface area contributed by atoms with Crippen molar-refractivity contribution in [2.75, 3.05) is 0 Å². The fourth-order valence-electron chi connectivity index (χ4n) is 8.47. The number of benzene rings is 7. The van der Waals surface area contributed by atoms with Crippen molar-refractivity contribution in [3.8, 4) is 33.4 Å². The topological polar surface area (TPSA) is 36.1 Å². The van der Waals surface area contributed by atoms with Gasteiger partial charge in [0, 0.05) is 20.2 Å². The van der Waals surface area contributed by atoms with E-state index < -0.39 is 0 Å². The minimum absolute atomic E-state index is 0.0505. The Labute approximate surface area is 315 Å². The van der Waals surface area contributed by atoms with Crippen LogP contribution in [-0.4, -0.2) is 0 Å². The standard InChI is InChI=1S/C49H41N3S/c1-4-13-32(14-5-1)38-27-39(33-15-6-2-7-16-33)29-40(28-38)49-51-47(35-18-8-3-9-19-35)50-48(52-49)37-24-26-44-43-25-23-36(30-45(43)53-46(44)31-37)42-22-12-20-34-17-10-11-21-41(34)42/h1-9,12-16,18-20,22-31,47-52H,10-11,17,21H2. The van der Waals surface area contributed by atoms with Crippen LogP contribution in [0.15, 0.2) is 164 Å². The highest BCUT2D eigenvalue weighted by Gasteiger charge is 2.30. The van der Waals surface area contributed by atoms with E-state index in [0.717, 1.165) is 0 Å². The zero-order chi connectivity index (χ0) is 35.1. The van der Waals surface area contributed by atoms with Crippen LogP contribution < -0.4 is 16.0 Å². The Bertz CT molecular complexity index is 2500. The molecule has 8 aromatic rings. The Balaban J connectivity index is 1.04. The van der Waals surface area contributed by atoms with Crippen LogP contribution in [0.3, 0.4) is 0 Å². The zero-order valence-electron chi connectivity index (χ0n) is 29.6. The minimum atomic E-state index is -0.102. The van der Waals surface area contributed by atoms with Crippen molar-refractivity contribution in [2.45, 2.75) is 44.2 Å². The first kappa shape index (κ1) is 32.3. The molecule has 3 N–H and O–H groups in total. The fraction of sp³-hybridized carbons (Fsp3) is 0.143. The van der Waals surface area contributed by atoms with Crippen molar-refractivity contribution in [3.05, 3.63) is 192 Å². The van der Waals surface area contributed by atoms with Crippen LogP contribution >= 0.6 is 11.3 Å². The summed E-state index contributed by atoms with van der Waals surface area (Å²) < 4.78 is 2.66. The molecule has 2 heterocycles. The molecule has 2 aliphatic rings. The number of thiophene rings is 1. The SMILES string of the molecule is c1ccc(-c2cc(-c3ccccc3)cc(C3NC(c4ccccc4)NC(c4ccc5c(c4)sc4cc(-c6cccc7c6CCCC7)ccc45)N3)c2)cc1. The summed E-state index contributed by atoms with van der Waals surface area (Å²) in [6, 6.07) is 60.2. The summed E-state index contributed by atoms with van der Waals surface area (Å²) in [6.07, 6.45) is 4.75. The molecule has 0 radical (unpaired) electrons. The van der Waals surface area contributed by atoms with Gasteiger partial charge in [-0.05, 0) is 117 Å². The predicted molar refractivity (Wildman–Crippen MR) is 223 cm³/mol. The highest BCUT2D eigenvalue weighted by Crippen LogP contribution is 2.40. The summed E-state index contributed by atoms with van der Waals surface area (Å²) >= 11 is 1.91. The predicted octanol–water partition coefficient (Wildman–Crippen LogP) is 12.1. The number of aryl methyl sites for hydroxylation is 1. The molecule has 4 heteroatoms. The van der Waals surface area contributed by atoms with Crippen LogP contribution in [0.1, 0.15) is 59.2 Å². The van der Waals surface area contributed by atoms with Crippen molar-refractivity contribution < 1.29 is 0 Å². The monoisotopic (exact) mass is 703 g/mol. The van der Waals surface area contributed by atoms with Crippen LogP contribution in [0.25, 0.3) is 53.6 Å². The summed E-state index contributed by atoms with van der Waals surface area (Å²) in [5.74, 6) is 0. The summed E-state index contributed by atoms with van der Waals surface area (Å²) in [6.45, 7) is 0. The Morgan fingerprint density at radius 1 is 0.396 bits per heavy atom. The second-order valence-corrected chi connectivity index (χ2v) is 15.6. The maximum absolute atomic E-state index is 3.98. The molecular weight excluding hydrogens is 663 g/mol. The van der Waals surface area contributed by atoms with Gasteiger partial charge in [0.2, 0.25) is 0 Å². The van der Waals surface area contributed by atoms with Gasteiger partial charge in [0.05, 0.1) is 18.5 Å². The van der Waals surface area contributed by atoms with E-state index in [1.54, 1.807) is 5.56 Å². The number of nitrogens with one attached hydrogen (secondary N) is 3. The van der Waals surface area contributed by atoms with Gasteiger partial charge in [0.15, 0.2) is 0 Å². The first-order valence-corrected chi connectivity index (χ1v) is 19.7. The van der Waals surface area contributed by atoms with Crippen molar-refractivity contribution >= 4 is 31.5 Å². The lowest BCUT2D eigenvalue weighted by atomic mass is 9.86. The van der Waals surface area contributed by atoms with Gasteiger partial charge < -0.3 is 0 Å². The summed E-state index contributed by atoms with van der Waals surface area (Å²) in [4.78, 5) is 0. The second-order valence-electron chi connectivity index (χ2n) is 14.5. The zero-order valence-corrected chi connectivity index (χ0v) is 30.4. The van der Waals surface area contributed by atoms with Gasteiger partial charge >= 0.3 is 0 Å². The van der Waals surface area contributed by atoms with Gasteiger partial charge in [0.25, 0.3) is 0 Å². The number of hydrogen-bond acceptors (Lipinski definition) is 4. The molecule has 258 valence electrons. The molecule has 3 nitrogen and oxygen atoms in total. The molecule has 7 aromatic carbocycles. The maximum atomic E-state index is 3.98. The van der Waals surface area contributed by atoms with Gasteiger partial charge in [-0.1, -0.05) is 133 Å². The van der Waals surface area contributed by atoms with E-state index in [4.69, 9.17) is 0 Å². The number of hydrogen-bond donors (Lipinski definition) is 3. The van der Waals surface area contributed by atoms with E-state index in [1.165, 1.54) is 101 Å². The van der Waals surface area contributed by atoms with Crippen LogP contribution in [0, 0.1) is 0 Å². The summed E-state index contributed by atoms with van der Waals surface area (Å²) in [5.41, 5.74) is 14.3. The normalized spacial score (nSPS) is 18.6. The molecule has 53 heavy (non-hydrogen) atoms. The smallest absolute Gasteiger partial charge is 0.0865 e. The van der Waals surface area contributed by atoms with Crippen LogP contribution in [0.4, 0.5) is 0 Å². The van der Waals surface area contributed by atoms with E-state index in [-0.39, 0.29) is 18.5 Å². The van der Waals surface area contributed by atoms with Gasteiger partial charge in [-0.2, -0.15) is 0 Å². The van der Waals surface area contributed by atoms with Crippen molar-refractivity contribution in [1.29, 1.82) is 0 Å². The van der Waals surface area contributed by atoms with E-state index in [2.05, 4.69) is 180 Å². The fourth-order valence-corrected chi connectivity index (χ4v) is 9.67. The lowest BCUT2D eigenvalue weighted by Gasteiger charge is -2.40. The molecule has 0 saturated carbocycles. The molecule has 1 aliphatic heterocycles. The van der Waals surface area contributed by atoms with E-state index in [1.807, 2.05) is 11.3 Å². The lowest BCUT2D eigenvalue weighted by Crippen LogP contribution is -2.54. The minimum Gasteiger partial charge on any atom is -0.279 e. The van der Waals surface area contributed by atoms with Crippen molar-refractivity contribution in [2.24, 2.45) is 0 Å². The summed E-state index contributed by atoms with van der Waals surface area (Å²) in [7, 11) is 0. The molecule has 1 fully saturated rings. The Morgan fingerprint density at radius 3 is 1.68 bits per heavy atom. The maximum Gasteiger partial charge on any atom is 0.0865 e. The molecule has 0 bridgehead atoms. The lowest BCUT2D eigenvalue weighted by molar-refractivity contribution is 0.203. The van der Waals surface area contributed by atoms with E-state index in [9.17, 15) is 0 Å². The third kappa shape index (κ3) is 6.28. The van der Waals surface area contributed by atoms with Gasteiger partial charge in [-0.15, -0.1) is 11.3 Å². The third-order valence-electron chi connectivity index (χ3n) is 11.2. The molecule has 1 aromatic heterocycles. The highest BCUT2D eigenvalue weighted by atomic mass is 32.1. The number of rotatable bonds is 6. The third-order valence-corrected chi connectivity index (χ3v) is 12.3. The molecule has 0 amide bonds. The van der Waals surface area contributed by atoms with Crippen molar-refractivity contribution in [1.82, 2.24) is 16.0 Å². The average molecular weight is 704 g/mol. The molecular formula is C49H41N3S. The van der Waals surface area contributed by atoms with Crippen LogP contribution in [0.5, 0.6) is 0 Å². The van der Waals surface area contributed by atoms with Gasteiger partial charge in [0.1, 0.15) is 0 Å². The second kappa shape index (κ2) is 13.9. The Hall–Kier alpha value is -5.36. The summed E-state index contributed by atoms with van der Waals surface area (Å²) in [5, 5.41) is 14.5.